The molecule has 0 aliphatic carbocycles. The van der Waals surface area contributed by atoms with Crippen LogP contribution in [0.2, 0.25) is 0 Å². The highest BCUT2D eigenvalue weighted by Crippen LogP contribution is 2.12. The molecule has 0 bridgehead atoms. The lowest BCUT2D eigenvalue weighted by molar-refractivity contribution is 0.0954. The Morgan fingerprint density at radius 3 is 2.50 bits per heavy atom. The number of benzene rings is 2. The Morgan fingerprint density at radius 1 is 1.14 bits per heavy atom. The predicted molar refractivity (Wildman–Crippen MR) is 88.5 cm³/mol. The van der Waals surface area contributed by atoms with Gasteiger partial charge in [0.05, 0.1) is 12.3 Å². The van der Waals surface area contributed by atoms with Gasteiger partial charge in [-0.15, -0.1) is 0 Å². The van der Waals surface area contributed by atoms with Gasteiger partial charge in [-0.05, 0) is 62.7 Å². The number of carbonyl (C=O) groups excluding carboxylic acids is 1. The first kappa shape index (κ1) is 15.8. The van der Waals surface area contributed by atoms with Crippen molar-refractivity contribution in [2.45, 2.75) is 20.8 Å². The van der Waals surface area contributed by atoms with Crippen molar-refractivity contribution in [2.75, 3.05) is 6.61 Å². The fraction of sp³-hybridized carbons (Fsp3) is 0.222. The van der Waals surface area contributed by atoms with Crippen LogP contribution >= 0.6 is 0 Å². The number of ether oxygens (including phenoxy) is 1. The van der Waals surface area contributed by atoms with Crippen LogP contribution in [0.5, 0.6) is 5.75 Å². The third kappa shape index (κ3) is 4.19. The van der Waals surface area contributed by atoms with Crippen LogP contribution in [0, 0.1) is 6.92 Å². The van der Waals surface area contributed by atoms with Crippen LogP contribution in [-0.2, 0) is 0 Å². The number of nitrogens with zero attached hydrogens (tertiary/aromatic N) is 1. The molecule has 22 heavy (non-hydrogen) atoms. The van der Waals surface area contributed by atoms with Gasteiger partial charge < -0.3 is 4.74 Å². The molecule has 0 radical (unpaired) electrons. The van der Waals surface area contributed by atoms with Gasteiger partial charge >= 0.3 is 0 Å². The van der Waals surface area contributed by atoms with Crippen molar-refractivity contribution in [1.29, 1.82) is 0 Å². The van der Waals surface area contributed by atoms with Crippen LogP contribution in [0.15, 0.2) is 53.6 Å². The molecule has 2 aromatic carbocycles. The van der Waals surface area contributed by atoms with Crippen molar-refractivity contribution in [1.82, 2.24) is 5.43 Å². The molecular weight excluding hydrogens is 276 g/mol. The summed E-state index contributed by atoms with van der Waals surface area (Å²) in [6, 6.07) is 15.0. The molecule has 0 fully saturated rings. The van der Waals surface area contributed by atoms with E-state index in [1.165, 1.54) is 0 Å². The number of aryl methyl sites for hydroxylation is 1. The highest BCUT2D eigenvalue weighted by molar-refractivity contribution is 6.00. The minimum absolute atomic E-state index is 0.214. The van der Waals surface area contributed by atoms with Crippen LogP contribution < -0.4 is 10.2 Å². The van der Waals surface area contributed by atoms with Crippen LogP contribution in [0.25, 0.3) is 0 Å². The van der Waals surface area contributed by atoms with E-state index >= 15 is 0 Å². The predicted octanol–water partition coefficient (Wildman–Crippen LogP) is 3.55. The van der Waals surface area contributed by atoms with E-state index in [1.807, 2.05) is 63.2 Å². The molecular formula is C18H20N2O2. The first-order valence-corrected chi connectivity index (χ1v) is 7.24. The number of amides is 1. The average Bonchev–Trinajstić information content (AvgIpc) is 2.53. The van der Waals surface area contributed by atoms with Gasteiger partial charge in [0.25, 0.3) is 5.91 Å². The summed E-state index contributed by atoms with van der Waals surface area (Å²) >= 11 is 0. The smallest absolute Gasteiger partial charge is 0.271 e. The number of hydrogen-bond acceptors (Lipinski definition) is 3. The number of hydrazone groups is 1. The fourth-order valence-electron chi connectivity index (χ4n) is 2.01. The molecule has 0 aliphatic rings. The van der Waals surface area contributed by atoms with Crippen molar-refractivity contribution < 1.29 is 9.53 Å². The van der Waals surface area contributed by atoms with E-state index in [9.17, 15) is 4.79 Å². The van der Waals surface area contributed by atoms with Crippen molar-refractivity contribution in [3.8, 4) is 5.75 Å². The molecule has 0 saturated carbocycles. The van der Waals surface area contributed by atoms with E-state index < -0.39 is 0 Å². The quantitative estimate of drug-likeness (QED) is 0.677. The third-order valence-corrected chi connectivity index (χ3v) is 3.19. The molecule has 114 valence electrons. The largest absolute Gasteiger partial charge is 0.494 e. The van der Waals surface area contributed by atoms with E-state index in [0.717, 1.165) is 22.6 Å². The van der Waals surface area contributed by atoms with E-state index in [-0.39, 0.29) is 5.91 Å². The van der Waals surface area contributed by atoms with Gasteiger partial charge in [-0.3, -0.25) is 4.79 Å². The fourth-order valence-corrected chi connectivity index (χ4v) is 2.01. The third-order valence-electron chi connectivity index (χ3n) is 3.19. The van der Waals surface area contributed by atoms with Crippen molar-refractivity contribution in [3.63, 3.8) is 0 Å². The zero-order valence-corrected chi connectivity index (χ0v) is 13.1. The average molecular weight is 296 g/mol. The second-order valence-electron chi connectivity index (χ2n) is 4.97. The molecule has 2 rings (SSSR count). The van der Waals surface area contributed by atoms with Gasteiger partial charge in [-0.25, -0.2) is 5.43 Å². The van der Waals surface area contributed by atoms with Gasteiger partial charge in [0.15, 0.2) is 0 Å². The lowest BCUT2D eigenvalue weighted by Crippen LogP contribution is -2.19. The number of hydrogen-bond donors (Lipinski definition) is 1. The van der Waals surface area contributed by atoms with Gasteiger partial charge in [-0.2, -0.15) is 5.10 Å². The van der Waals surface area contributed by atoms with Crippen LogP contribution in [0.3, 0.4) is 0 Å². The molecule has 0 saturated heterocycles. The molecule has 0 aromatic heterocycles. The molecule has 1 N–H and O–H groups in total. The lowest BCUT2D eigenvalue weighted by atomic mass is 10.1. The number of carbonyl (C=O) groups is 1. The molecule has 0 unspecified atom stereocenters. The minimum Gasteiger partial charge on any atom is -0.494 e. The summed E-state index contributed by atoms with van der Waals surface area (Å²) in [7, 11) is 0. The monoisotopic (exact) mass is 296 g/mol. The van der Waals surface area contributed by atoms with Crippen LogP contribution in [0.1, 0.15) is 35.3 Å². The van der Waals surface area contributed by atoms with Gasteiger partial charge in [0.1, 0.15) is 5.75 Å². The first-order chi connectivity index (χ1) is 10.6. The summed E-state index contributed by atoms with van der Waals surface area (Å²) in [5.74, 6) is 0.608. The summed E-state index contributed by atoms with van der Waals surface area (Å²) in [5.41, 5.74) is 5.90. The Bertz CT molecular complexity index is 676. The molecule has 0 atom stereocenters. The van der Waals surface area contributed by atoms with Crippen molar-refractivity contribution in [3.05, 3.63) is 65.2 Å². The lowest BCUT2D eigenvalue weighted by Gasteiger charge is -2.06. The van der Waals surface area contributed by atoms with Crippen molar-refractivity contribution in [2.24, 2.45) is 5.10 Å². The van der Waals surface area contributed by atoms with Crippen LogP contribution in [-0.4, -0.2) is 18.2 Å². The Hall–Kier alpha value is -2.62. The molecule has 4 heteroatoms. The molecule has 0 spiro atoms. The maximum Gasteiger partial charge on any atom is 0.271 e. The van der Waals surface area contributed by atoms with E-state index in [4.69, 9.17) is 4.74 Å². The zero-order chi connectivity index (χ0) is 15.9. The van der Waals surface area contributed by atoms with Crippen LogP contribution in [0.4, 0.5) is 0 Å². The van der Waals surface area contributed by atoms with E-state index in [1.54, 1.807) is 6.07 Å². The highest BCUT2D eigenvalue weighted by atomic mass is 16.5. The Balaban J connectivity index is 2.04. The topological polar surface area (TPSA) is 50.7 Å². The van der Waals surface area contributed by atoms with Gasteiger partial charge in [0.2, 0.25) is 0 Å². The van der Waals surface area contributed by atoms with Crippen molar-refractivity contribution >= 4 is 11.6 Å². The summed E-state index contributed by atoms with van der Waals surface area (Å²) < 4.78 is 5.40. The standard InChI is InChI=1S/C18H20N2O2/c1-4-22-17-10-8-15(9-11-17)14(3)19-20-18(21)16-7-5-6-13(2)12-16/h5-12H,4H2,1-3H3,(H,20,21)/b19-14+. The second-order valence-corrected chi connectivity index (χ2v) is 4.97. The SMILES string of the molecule is CCOc1ccc(/C(C)=N/NC(=O)c2cccc(C)c2)cc1. The Morgan fingerprint density at radius 2 is 1.86 bits per heavy atom. The maximum absolute atomic E-state index is 12.0. The zero-order valence-electron chi connectivity index (χ0n) is 13.1. The summed E-state index contributed by atoms with van der Waals surface area (Å²) in [5, 5.41) is 4.15. The highest BCUT2D eigenvalue weighted by Gasteiger charge is 2.05. The molecule has 0 aliphatic heterocycles. The summed E-state index contributed by atoms with van der Waals surface area (Å²) in [6.07, 6.45) is 0. The summed E-state index contributed by atoms with van der Waals surface area (Å²) in [6.45, 7) is 6.39. The van der Waals surface area contributed by atoms with E-state index in [2.05, 4.69) is 10.5 Å². The Kier molecular flexibility index (Phi) is 5.31. The van der Waals surface area contributed by atoms with Gasteiger partial charge in [0, 0.05) is 5.56 Å². The first-order valence-electron chi connectivity index (χ1n) is 7.24. The molecule has 2 aromatic rings. The summed E-state index contributed by atoms with van der Waals surface area (Å²) in [4.78, 5) is 12.0. The van der Waals surface area contributed by atoms with Gasteiger partial charge in [-0.1, -0.05) is 17.7 Å². The molecule has 4 nitrogen and oxygen atoms in total. The van der Waals surface area contributed by atoms with E-state index in [0.29, 0.717) is 12.2 Å². The number of nitrogens with one attached hydrogen (secondary N) is 1. The molecule has 0 heterocycles. The normalized spacial score (nSPS) is 11.1. The number of rotatable bonds is 5. The Labute approximate surface area is 130 Å². The molecule has 1 amide bonds. The maximum atomic E-state index is 12.0. The minimum atomic E-state index is -0.214. The second kappa shape index (κ2) is 7.41.